The molecule has 0 saturated carbocycles. The lowest BCUT2D eigenvalue weighted by molar-refractivity contribution is -0.384. The number of rotatable bonds is 7. The highest BCUT2D eigenvalue weighted by Crippen LogP contribution is 2.35. The molecule has 0 atom stereocenters. The summed E-state index contributed by atoms with van der Waals surface area (Å²) in [4.78, 5) is 36.9. The van der Waals surface area contributed by atoms with Crippen molar-refractivity contribution in [2.24, 2.45) is 0 Å². The van der Waals surface area contributed by atoms with E-state index in [0.717, 1.165) is 22.2 Å². The van der Waals surface area contributed by atoms with Gasteiger partial charge in [-0.05, 0) is 69.2 Å². The number of carbonyl (C=O) groups is 2. The third-order valence-electron chi connectivity index (χ3n) is 5.01. The van der Waals surface area contributed by atoms with E-state index >= 15 is 0 Å². The predicted molar refractivity (Wildman–Crippen MR) is 140 cm³/mol. The van der Waals surface area contributed by atoms with Crippen molar-refractivity contribution in [3.05, 3.63) is 107 Å². The van der Waals surface area contributed by atoms with Gasteiger partial charge in [-0.1, -0.05) is 47.5 Å². The summed E-state index contributed by atoms with van der Waals surface area (Å²) in [6, 6.07) is 16.2. The zero-order valence-corrected chi connectivity index (χ0v) is 21.7. The van der Waals surface area contributed by atoms with E-state index in [4.69, 9.17) is 27.9 Å². The highest BCUT2D eigenvalue weighted by molar-refractivity contribution is 9.10. The van der Waals surface area contributed by atoms with E-state index in [2.05, 4.69) is 15.9 Å². The van der Waals surface area contributed by atoms with Crippen molar-refractivity contribution in [3.63, 3.8) is 0 Å². The molecule has 0 N–H and O–H groups in total. The number of halogens is 3. The Hall–Kier alpha value is -2.85. The highest BCUT2D eigenvalue weighted by Gasteiger charge is 2.35. The average molecular weight is 594 g/mol. The summed E-state index contributed by atoms with van der Waals surface area (Å²) in [7, 11) is 0. The Balaban J connectivity index is 1.44. The maximum Gasteiger partial charge on any atom is 0.293 e. The first kappa shape index (κ1) is 25.2. The van der Waals surface area contributed by atoms with Crippen LogP contribution in [-0.2, 0) is 17.9 Å². The Morgan fingerprint density at radius 3 is 2.46 bits per heavy atom. The third kappa shape index (κ3) is 6.05. The van der Waals surface area contributed by atoms with Gasteiger partial charge in [0.2, 0.25) is 0 Å². The number of ether oxygens (including phenoxy) is 1. The average Bonchev–Trinajstić information content (AvgIpc) is 3.07. The van der Waals surface area contributed by atoms with Crippen molar-refractivity contribution >= 4 is 73.8 Å². The monoisotopic (exact) mass is 592 g/mol. The minimum absolute atomic E-state index is 0.0315. The summed E-state index contributed by atoms with van der Waals surface area (Å²) < 4.78 is 6.51. The topological polar surface area (TPSA) is 89.8 Å². The molecule has 178 valence electrons. The molecule has 35 heavy (non-hydrogen) atoms. The van der Waals surface area contributed by atoms with Crippen LogP contribution in [0.2, 0.25) is 10.0 Å². The first-order valence-electron chi connectivity index (χ1n) is 10.1. The second-order valence-electron chi connectivity index (χ2n) is 7.41. The van der Waals surface area contributed by atoms with Crippen molar-refractivity contribution in [1.29, 1.82) is 0 Å². The van der Waals surface area contributed by atoms with E-state index in [1.54, 1.807) is 42.5 Å². The van der Waals surface area contributed by atoms with Crippen LogP contribution in [0.4, 0.5) is 10.5 Å². The molecule has 0 aliphatic carbocycles. The van der Waals surface area contributed by atoms with Crippen LogP contribution in [0.5, 0.6) is 5.75 Å². The highest BCUT2D eigenvalue weighted by atomic mass is 79.9. The number of hydrogen-bond acceptors (Lipinski definition) is 6. The molecular formula is C24H15BrCl2N2O5S. The number of nitro groups is 1. The van der Waals surface area contributed by atoms with Gasteiger partial charge in [-0.2, -0.15) is 0 Å². The van der Waals surface area contributed by atoms with Crippen LogP contribution < -0.4 is 4.74 Å². The molecule has 1 aliphatic heterocycles. The first-order valence-corrected chi connectivity index (χ1v) is 12.4. The number of nitro benzene ring substituents is 1. The Labute approximate surface area is 222 Å². The van der Waals surface area contributed by atoms with E-state index in [9.17, 15) is 19.7 Å². The van der Waals surface area contributed by atoms with Gasteiger partial charge in [0.15, 0.2) is 0 Å². The standard InChI is InChI=1S/C24H15BrCl2N2O5S/c25-19-9-15(3-8-21(19)34-13-16-4-5-17(26)11-20(16)27)10-22-23(30)28(24(31)35-22)12-14-1-6-18(7-2-14)29(32)33/h1-11H,12-13H2/b22-10-. The summed E-state index contributed by atoms with van der Waals surface area (Å²) in [6.45, 7) is 0.277. The molecule has 1 saturated heterocycles. The molecule has 3 aromatic rings. The molecule has 7 nitrogen and oxygen atoms in total. The normalized spacial score (nSPS) is 14.6. The van der Waals surface area contributed by atoms with Crippen LogP contribution in [0.25, 0.3) is 6.08 Å². The Morgan fingerprint density at radius 1 is 1.06 bits per heavy atom. The maximum atomic E-state index is 12.8. The second kappa shape index (κ2) is 10.8. The van der Waals surface area contributed by atoms with Crippen LogP contribution in [0, 0.1) is 10.1 Å². The van der Waals surface area contributed by atoms with Gasteiger partial charge >= 0.3 is 0 Å². The maximum absolute atomic E-state index is 12.8. The van der Waals surface area contributed by atoms with E-state index in [0.29, 0.717) is 31.4 Å². The second-order valence-corrected chi connectivity index (χ2v) is 10.1. The van der Waals surface area contributed by atoms with Crippen LogP contribution in [0.1, 0.15) is 16.7 Å². The van der Waals surface area contributed by atoms with Crippen molar-refractivity contribution in [3.8, 4) is 5.75 Å². The van der Waals surface area contributed by atoms with Crippen molar-refractivity contribution in [2.75, 3.05) is 0 Å². The summed E-state index contributed by atoms with van der Waals surface area (Å²) >= 11 is 16.4. The van der Waals surface area contributed by atoms with E-state index in [-0.39, 0.29) is 23.7 Å². The van der Waals surface area contributed by atoms with E-state index in [1.165, 1.54) is 24.3 Å². The molecule has 0 aromatic heterocycles. The van der Waals surface area contributed by atoms with Crippen LogP contribution >= 0.6 is 50.9 Å². The molecule has 3 aromatic carbocycles. The van der Waals surface area contributed by atoms with Gasteiger partial charge in [0.1, 0.15) is 12.4 Å². The SMILES string of the molecule is O=C1S/C(=C\c2ccc(OCc3ccc(Cl)cc3Cl)c(Br)c2)C(=O)N1Cc1ccc([N+](=O)[O-])cc1. The van der Waals surface area contributed by atoms with Gasteiger partial charge in [-0.3, -0.25) is 24.6 Å². The number of amides is 2. The smallest absolute Gasteiger partial charge is 0.293 e. The number of imide groups is 1. The quantitative estimate of drug-likeness (QED) is 0.160. The minimum atomic E-state index is -0.506. The van der Waals surface area contributed by atoms with Crippen LogP contribution in [0.15, 0.2) is 70.0 Å². The number of thioether (sulfide) groups is 1. The number of non-ortho nitro benzene ring substituents is 1. The fraction of sp³-hybridized carbons (Fsp3) is 0.0833. The molecule has 0 radical (unpaired) electrons. The largest absolute Gasteiger partial charge is 0.488 e. The Kier molecular flexibility index (Phi) is 7.81. The number of benzene rings is 3. The zero-order valence-electron chi connectivity index (χ0n) is 17.7. The minimum Gasteiger partial charge on any atom is -0.488 e. The number of carbonyl (C=O) groups excluding carboxylic acids is 2. The first-order chi connectivity index (χ1) is 16.7. The molecule has 1 heterocycles. The van der Waals surface area contributed by atoms with Crippen molar-refractivity contribution in [1.82, 2.24) is 4.90 Å². The van der Waals surface area contributed by atoms with Gasteiger partial charge in [-0.15, -0.1) is 0 Å². The Morgan fingerprint density at radius 2 is 1.80 bits per heavy atom. The van der Waals surface area contributed by atoms with E-state index in [1.807, 2.05) is 0 Å². The molecule has 1 aliphatic rings. The van der Waals surface area contributed by atoms with Gasteiger partial charge in [0, 0.05) is 27.7 Å². The van der Waals surface area contributed by atoms with Gasteiger partial charge in [-0.25, -0.2) is 0 Å². The fourth-order valence-corrected chi connectivity index (χ4v) is 5.02. The lowest BCUT2D eigenvalue weighted by Gasteiger charge is -2.12. The van der Waals surface area contributed by atoms with E-state index < -0.39 is 16.1 Å². The van der Waals surface area contributed by atoms with Gasteiger partial charge in [0.05, 0.1) is 20.8 Å². The fourth-order valence-electron chi connectivity index (χ4n) is 3.21. The Bertz CT molecular complexity index is 1360. The zero-order chi connectivity index (χ0) is 25.1. The van der Waals surface area contributed by atoms with Crippen LogP contribution in [-0.4, -0.2) is 21.0 Å². The number of hydrogen-bond donors (Lipinski definition) is 0. The van der Waals surface area contributed by atoms with Crippen molar-refractivity contribution in [2.45, 2.75) is 13.2 Å². The summed E-state index contributed by atoms with van der Waals surface area (Å²) in [6.07, 6.45) is 1.63. The van der Waals surface area contributed by atoms with Crippen molar-refractivity contribution < 1.29 is 19.2 Å². The van der Waals surface area contributed by atoms with Crippen LogP contribution in [0.3, 0.4) is 0 Å². The predicted octanol–water partition coefficient (Wildman–Crippen LogP) is 7.48. The van der Waals surface area contributed by atoms with Gasteiger partial charge < -0.3 is 4.74 Å². The molecule has 1 fully saturated rings. The number of nitrogens with zero attached hydrogens (tertiary/aromatic N) is 2. The van der Waals surface area contributed by atoms with Gasteiger partial charge in [0.25, 0.3) is 16.8 Å². The molecule has 4 rings (SSSR count). The molecule has 0 unspecified atom stereocenters. The summed E-state index contributed by atoms with van der Waals surface area (Å²) in [5.41, 5.74) is 2.05. The summed E-state index contributed by atoms with van der Waals surface area (Å²) in [5, 5.41) is 11.5. The summed E-state index contributed by atoms with van der Waals surface area (Å²) in [5.74, 6) is 0.159. The molecular weight excluding hydrogens is 579 g/mol. The lowest BCUT2D eigenvalue weighted by Crippen LogP contribution is -2.27. The third-order valence-corrected chi connectivity index (χ3v) is 7.13. The molecule has 2 amide bonds. The lowest BCUT2D eigenvalue weighted by atomic mass is 10.2. The molecule has 0 bridgehead atoms. The molecule has 11 heteroatoms. The molecule has 0 spiro atoms.